The molecular formula is C20H35IN4. The molecule has 0 spiro atoms. The molecule has 1 aliphatic rings. The van der Waals surface area contributed by atoms with Gasteiger partial charge in [0.25, 0.3) is 0 Å². The number of likely N-dealkylation sites (tertiary alicyclic amines) is 1. The molecule has 0 bridgehead atoms. The zero-order valence-electron chi connectivity index (χ0n) is 16.4. The Bertz CT molecular complexity index is 551. The van der Waals surface area contributed by atoms with Crippen LogP contribution in [0.25, 0.3) is 0 Å². The van der Waals surface area contributed by atoms with Gasteiger partial charge >= 0.3 is 0 Å². The number of nitrogens with zero attached hydrogens (tertiary/aromatic N) is 2. The summed E-state index contributed by atoms with van der Waals surface area (Å²) in [4.78, 5) is 6.95. The molecule has 0 amide bonds. The molecule has 2 N–H and O–H groups in total. The number of hydrogen-bond donors (Lipinski definition) is 2. The van der Waals surface area contributed by atoms with Crippen molar-refractivity contribution in [1.82, 2.24) is 15.5 Å². The lowest BCUT2D eigenvalue weighted by Crippen LogP contribution is -2.47. The van der Waals surface area contributed by atoms with Crippen molar-refractivity contribution in [3.63, 3.8) is 0 Å². The second kappa shape index (κ2) is 10.4. The maximum Gasteiger partial charge on any atom is 0.191 e. The van der Waals surface area contributed by atoms with E-state index in [2.05, 4.69) is 72.5 Å². The van der Waals surface area contributed by atoms with Crippen molar-refractivity contribution < 1.29 is 0 Å². The molecule has 1 aliphatic heterocycles. The third kappa shape index (κ3) is 7.52. The Kier molecular flexibility index (Phi) is 9.21. The van der Waals surface area contributed by atoms with Gasteiger partial charge in [0.2, 0.25) is 0 Å². The molecule has 0 radical (unpaired) electrons. The minimum Gasteiger partial charge on any atom is -0.352 e. The van der Waals surface area contributed by atoms with Crippen molar-refractivity contribution in [2.75, 3.05) is 13.6 Å². The van der Waals surface area contributed by atoms with Crippen LogP contribution in [0.5, 0.6) is 0 Å². The Morgan fingerprint density at radius 1 is 1.20 bits per heavy atom. The molecule has 1 aromatic carbocycles. The van der Waals surface area contributed by atoms with Crippen molar-refractivity contribution >= 4 is 29.9 Å². The van der Waals surface area contributed by atoms with E-state index in [1.54, 1.807) is 0 Å². The molecule has 1 unspecified atom stereocenters. The zero-order valence-corrected chi connectivity index (χ0v) is 18.8. The summed E-state index contributed by atoms with van der Waals surface area (Å²) >= 11 is 0. The van der Waals surface area contributed by atoms with Crippen molar-refractivity contribution in [2.24, 2.45) is 4.99 Å². The predicted molar refractivity (Wildman–Crippen MR) is 119 cm³/mol. The van der Waals surface area contributed by atoms with Gasteiger partial charge in [0.15, 0.2) is 5.96 Å². The smallest absolute Gasteiger partial charge is 0.191 e. The summed E-state index contributed by atoms with van der Waals surface area (Å²) < 4.78 is 0. The van der Waals surface area contributed by atoms with E-state index in [0.717, 1.165) is 19.0 Å². The van der Waals surface area contributed by atoms with Gasteiger partial charge in [-0.25, -0.2) is 0 Å². The molecule has 1 atom stereocenters. The topological polar surface area (TPSA) is 39.7 Å². The summed E-state index contributed by atoms with van der Waals surface area (Å²) in [6.45, 7) is 11.9. The highest BCUT2D eigenvalue weighted by atomic mass is 127. The second-order valence-electron chi connectivity index (χ2n) is 7.88. The van der Waals surface area contributed by atoms with Crippen LogP contribution >= 0.6 is 24.0 Å². The van der Waals surface area contributed by atoms with Crippen molar-refractivity contribution in [3.05, 3.63) is 35.4 Å². The van der Waals surface area contributed by atoms with Crippen molar-refractivity contribution in [2.45, 2.75) is 71.6 Å². The maximum absolute atomic E-state index is 4.33. The quantitative estimate of drug-likeness (QED) is 0.405. The minimum absolute atomic E-state index is 0. The molecule has 142 valence electrons. The number of halogens is 1. The minimum atomic E-state index is 0. The summed E-state index contributed by atoms with van der Waals surface area (Å²) in [5, 5.41) is 6.86. The largest absolute Gasteiger partial charge is 0.352 e. The fourth-order valence-corrected chi connectivity index (χ4v) is 3.21. The van der Waals surface area contributed by atoms with Crippen molar-refractivity contribution in [3.8, 4) is 0 Å². The van der Waals surface area contributed by atoms with Crippen LogP contribution in [-0.4, -0.2) is 36.0 Å². The summed E-state index contributed by atoms with van der Waals surface area (Å²) in [6, 6.07) is 9.45. The number of nitrogens with one attached hydrogen (secondary N) is 2. The van der Waals surface area contributed by atoms with Gasteiger partial charge in [0.05, 0.1) is 0 Å². The Balaban J connectivity index is 0.00000312. The summed E-state index contributed by atoms with van der Waals surface area (Å²) in [6.07, 6.45) is 4.02. The SMILES string of the molecule is CN=C(NCc1ccccc1CN1CCCCC1C)NC(C)(C)C.I. The van der Waals surface area contributed by atoms with E-state index in [1.807, 2.05) is 7.05 Å². The van der Waals surface area contributed by atoms with Crippen LogP contribution in [-0.2, 0) is 13.1 Å². The van der Waals surface area contributed by atoms with Crippen LogP contribution in [0.2, 0.25) is 0 Å². The number of rotatable bonds is 4. The normalized spacial score (nSPS) is 19.2. The molecular weight excluding hydrogens is 423 g/mol. The Morgan fingerprint density at radius 2 is 1.88 bits per heavy atom. The zero-order chi connectivity index (χ0) is 17.6. The van der Waals surface area contributed by atoms with Gasteiger partial charge in [-0.1, -0.05) is 30.7 Å². The van der Waals surface area contributed by atoms with E-state index in [1.165, 1.54) is 36.9 Å². The van der Waals surface area contributed by atoms with Gasteiger partial charge in [-0.15, -0.1) is 24.0 Å². The van der Waals surface area contributed by atoms with E-state index in [4.69, 9.17) is 0 Å². The van der Waals surface area contributed by atoms with Crippen LogP contribution in [0.4, 0.5) is 0 Å². The fourth-order valence-electron chi connectivity index (χ4n) is 3.21. The predicted octanol–water partition coefficient (Wildman–Crippen LogP) is 4.14. The van der Waals surface area contributed by atoms with E-state index in [0.29, 0.717) is 6.04 Å². The van der Waals surface area contributed by atoms with Crippen LogP contribution in [0.1, 0.15) is 58.1 Å². The number of benzene rings is 1. The number of aliphatic imine (C=N–C) groups is 1. The highest BCUT2D eigenvalue weighted by Gasteiger charge is 2.19. The Labute approximate surface area is 170 Å². The van der Waals surface area contributed by atoms with Gasteiger partial charge in [-0.2, -0.15) is 0 Å². The number of hydrogen-bond acceptors (Lipinski definition) is 2. The highest BCUT2D eigenvalue weighted by Crippen LogP contribution is 2.20. The molecule has 1 aromatic rings. The van der Waals surface area contributed by atoms with Crippen LogP contribution in [0, 0.1) is 0 Å². The molecule has 1 fully saturated rings. The highest BCUT2D eigenvalue weighted by molar-refractivity contribution is 14.0. The lowest BCUT2D eigenvalue weighted by Gasteiger charge is -2.34. The molecule has 0 aromatic heterocycles. The van der Waals surface area contributed by atoms with E-state index < -0.39 is 0 Å². The van der Waals surface area contributed by atoms with Gasteiger partial charge in [0.1, 0.15) is 0 Å². The summed E-state index contributed by atoms with van der Waals surface area (Å²) in [5.41, 5.74) is 2.78. The van der Waals surface area contributed by atoms with E-state index >= 15 is 0 Å². The molecule has 25 heavy (non-hydrogen) atoms. The first-order valence-electron chi connectivity index (χ1n) is 9.19. The molecule has 4 nitrogen and oxygen atoms in total. The average Bonchev–Trinajstić information content (AvgIpc) is 2.53. The summed E-state index contributed by atoms with van der Waals surface area (Å²) in [7, 11) is 1.82. The first-order chi connectivity index (χ1) is 11.4. The van der Waals surface area contributed by atoms with Gasteiger partial charge in [-0.05, 0) is 58.2 Å². The first kappa shape index (κ1) is 22.2. The molecule has 0 aliphatic carbocycles. The Hall–Kier alpha value is -0.820. The Morgan fingerprint density at radius 3 is 2.48 bits per heavy atom. The lowest BCUT2D eigenvalue weighted by molar-refractivity contribution is 0.152. The molecule has 0 saturated carbocycles. The monoisotopic (exact) mass is 458 g/mol. The van der Waals surface area contributed by atoms with Gasteiger partial charge in [-0.3, -0.25) is 9.89 Å². The third-order valence-corrected chi connectivity index (χ3v) is 4.60. The van der Waals surface area contributed by atoms with Crippen LogP contribution < -0.4 is 10.6 Å². The van der Waals surface area contributed by atoms with Gasteiger partial charge in [0, 0.05) is 31.7 Å². The third-order valence-electron chi connectivity index (χ3n) is 4.60. The van der Waals surface area contributed by atoms with Crippen LogP contribution in [0.3, 0.4) is 0 Å². The molecule has 5 heteroatoms. The molecule has 1 saturated heterocycles. The molecule has 2 rings (SSSR count). The van der Waals surface area contributed by atoms with E-state index in [9.17, 15) is 0 Å². The standard InChI is InChI=1S/C20H34N4.HI/c1-16-10-8-9-13-24(16)15-18-12-7-6-11-17(18)14-22-19(21-5)23-20(2,3)4;/h6-7,11-12,16H,8-10,13-15H2,1-5H3,(H2,21,22,23);1H. The van der Waals surface area contributed by atoms with Crippen molar-refractivity contribution in [1.29, 1.82) is 0 Å². The first-order valence-corrected chi connectivity index (χ1v) is 9.19. The van der Waals surface area contributed by atoms with Crippen LogP contribution in [0.15, 0.2) is 29.3 Å². The number of piperidine rings is 1. The fraction of sp³-hybridized carbons (Fsp3) is 0.650. The lowest BCUT2D eigenvalue weighted by atomic mass is 10.0. The second-order valence-corrected chi connectivity index (χ2v) is 7.88. The summed E-state index contributed by atoms with van der Waals surface area (Å²) in [5.74, 6) is 0.851. The number of guanidine groups is 1. The average molecular weight is 458 g/mol. The van der Waals surface area contributed by atoms with Gasteiger partial charge < -0.3 is 10.6 Å². The maximum atomic E-state index is 4.33. The van der Waals surface area contributed by atoms with E-state index in [-0.39, 0.29) is 29.5 Å². The molecule has 1 heterocycles.